The first-order chi connectivity index (χ1) is 19.7. The van der Waals surface area contributed by atoms with E-state index in [1.54, 1.807) is 0 Å². The number of fused-ring (bicyclic) bond motifs is 5. The number of hydrogen-bond acceptors (Lipinski definition) is 6. The number of aliphatic hydroxyl groups is 1. The molecule has 4 aliphatic rings. The van der Waals surface area contributed by atoms with Gasteiger partial charge >= 0.3 is 5.97 Å². The number of carboxylic acids is 1. The van der Waals surface area contributed by atoms with Crippen molar-refractivity contribution < 1.29 is 15.0 Å². The number of hydrogen-bond donors (Lipinski definition) is 6. The van der Waals surface area contributed by atoms with Crippen LogP contribution in [0, 0.1) is 46.3 Å². The SMILES string of the molecule is C[C@H](CCC(=O)O)[C@H]1CCC2C3C(CC[C@@]21C)[C@@]1(C)CC[C@H](NCCCNCCCCNCCCN)C[C@H]1C[C@@H]3O. The molecule has 0 heterocycles. The van der Waals surface area contributed by atoms with Crippen molar-refractivity contribution in [3.63, 3.8) is 0 Å². The van der Waals surface area contributed by atoms with Gasteiger partial charge in [0.1, 0.15) is 0 Å². The van der Waals surface area contributed by atoms with Gasteiger partial charge in [0.05, 0.1) is 6.10 Å². The summed E-state index contributed by atoms with van der Waals surface area (Å²) in [5, 5.41) is 31.9. The smallest absolute Gasteiger partial charge is 0.303 e. The molecular weight excluding hydrogens is 512 g/mol. The molecule has 0 aromatic carbocycles. The summed E-state index contributed by atoms with van der Waals surface area (Å²) in [6, 6.07) is 0.594. The summed E-state index contributed by atoms with van der Waals surface area (Å²) in [6.45, 7) is 13.5. The van der Waals surface area contributed by atoms with Crippen molar-refractivity contribution in [1.82, 2.24) is 16.0 Å². The Morgan fingerprint density at radius 3 is 2.24 bits per heavy atom. The molecule has 0 aromatic heterocycles. The molecule has 0 bridgehead atoms. The molecule has 0 aliphatic heterocycles. The van der Waals surface area contributed by atoms with Gasteiger partial charge in [-0.15, -0.1) is 0 Å². The first-order valence-electron chi connectivity index (χ1n) is 17.5. The number of carbonyl (C=O) groups is 1. The maximum atomic E-state index is 11.7. The van der Waals surface area contributed by atoms with E-state index in [0.29, 0.717) is 47.0 Å². The second-order valence-electron chi connectivity index (χ2n) is 15.1. The Kier molecular flexibility index (Phi) is 12.4. The van der Waals surface area contributed by atoms with Crippen molar-refractivity contribution in [1.29, 1.82) is 0 Å². The van der Waals surface area contributed by atoms with E-state index >= 15 is 0 Å². The summed E-state index contributed by atoms with van der Waals surface area (Å²) in [6.07, 6.45) is 15.3. The van der Waals surface area contributed by atoms with E-state index < -0.39 is 5.97 Å². The van der Waals surface area contributed by atoms with Crippen LogP contribution in [0.15, 0.2) is 0 Å². The standard InChI is InChI=1S/C34H64N4O3/c1-24(8-11-31(40)41)27-9-10-28-32-29(13-15-34(27,28)3)33(2)14-12-26(22-25(33)23-30(32)39)38-21-7-20-37-18-5-4-17-36-19-6-16-35/h24-30,32,36-39H,4-23,35H2,1-3H3,(H,40,41)/t24-,25+,26+,27-,28?,29?,30+,32?,33+,34-/m1/s1. The summed E-state index contributed by atoms with van der Waals surface area (Å²) >= 11 is 0. The lowest BCUT2D eigenvalue weighted by molar-refractivity contribution is -0.167. The fraction of sp³-hybridized carbons (Fsp3) is 0.971. The van der Waals surface area contributed by atoms with Gasteiger partial charge in [0, 0.05) is 12.5 Å². The molecule has 0 spiro atoms. The van der Waals surface area contributed by atoms with E-state index in [-0.39, 0.29) is 17.9 Å². The molecule has 0 amide bonds. The summed E-state index contributed by atoms with van der Waals surface area (Å²) < 4.78 is 0. The highest BCUT2D eigenvalue weighted by molar-refractivity contribution is 5.66. The molecule has 41 heavy (non-hydrogen) atoms. The zero-order valence-electron chi connectivity index (χ0n) is 26.6. The Morgan fingerprint density at radius 1 is 0.878 bits per heavy atom. The monoisotopic (exact) mass is 576 g/mol. The third-order valence-corrected chi connectivity index (χ3v) is 12.7. The van der Waals surface area contributed by atoms with Crippen LogP contribution < -0.4 is 21.7 Å². The van der Waals surface area contributed by atoms with Crippen LogP contribution in [0.2, 0.25) is 0 Å². The minimum absolute atomic E-state index is 0.172. The molecule has 0 saturated heterocycles. The highest BCUT2D eigenvalue weighted by atomic mass is 16.4. The molecular formula is C34H64N4O3. The molecule has 0 aromatic rings. The van der Waals surface area contributed by atoms with Crippen LogP contribution in [0.5, 0.6) is 0 Å². The maximum Gasteiger partial charge on any atom is 0.303 e. The molecule has 238 valence electrons. The largest absolute Gasteiger partial charge is 0.481 e. The van der Waals surface area contributed by atoms with Gasteiger partial charge in [0.2, 0.25) is 0 Å². The minimum atomic E-state index is -0.669. The van der Waals surface area contributed by atoms with Crippen molar-refractivity contribution in [2.75, 3.05) is 39.3 Å². The molecule has 4 aliphatic carbocycles. The lowest BCUT2D eigenvalue weighted by Crippen LogP contribution is -2.59. The van der Waals surface area contributed by atoms with Gasteiger partial charge in [0.15, 0.2) is 0 Å². The third-order valence-electron chi connectivity index (χ3n) is 12.7. The molecule has 4 rings (SSSR count). The first kappa shape index (κ1) is 33.2. The van der Waals surface area contributed by atoms with Crippen LogP contribution in [-0.4, -0.2) is 67.6 Å². The van der Waals surface area contributed by atoms with Gasteiger partial charge in [-0.05, 0) is 169 Å². The van der Waals surface area contributed by atoms with Gasteiger partial charge in [-0.2, -0.15) is 0 Å². The predicted molar refractivity (Wildman–Crippen MR) is 168 cm³/mol. The number of aliphatic carboxylic acids is 1. The van der Waals surface area contributed by atoms with E-state index in [9.17, 15) is 15.0 Å². The van der Waals surface area contributed by atoms with Gasteiger partial charge in [-0.3, -0.25) is 4.79 Å². The number of carboxylic acid groups (broad SMARTS) is 1. The molecule has 10 atom stereocenters. The van der Waals surface area contributed by atoms with E-state index in [4.69, 9.17) is 5.73 Å². The van der Waals surface area contributed by atoms with Crippen LogP contribution >= 0.6 is 0 Å². The van der Waals surface area contributed by atoms with Crippen LogP contribution in [0.3, 0.4) is 0 Å². The molecule has 4 saturated carbocycles. The van der Waals surface area contributed by atoms with Crippen molar-refractivity contribution >= 4 is 5.97 Å². The second-order valence-corrected chi connectivity index (χ2v) is 15.1. The highest BCUT2D eigenvalue weighted by Crippen LogP contribution is 2.68. The van der Waals surface area contributed by atoms with Gasteiger partial charge in [-0.25, -0.2) is 0 Å². The molecule has 4 fully saturated rings. The van der Waals surface area contributed by atoms with Crippen molar-refractivity contribution in [2.45, 2.75) is 123 Å². The predicted octanol–water partition coefficient (Wildman–Crippen LogP) is 4.77. The fourth-order valence-electron chi connectivity index (χ4n) is 10.4. The van der Waals surface area contributed by atoms with Crippen LogP contribution in [0.4, 0.5) is 0 Å². The lowest BCUT2D eigenvalue weighted by Gasteiger charge is -2.62. The molecule has 7 nitrogen and oxygen atoms in total. The Labute approximate surface area is 250 Å². The van der Waals surface area contributed by atoms with E-state index in [0.717, 1.165) is 58.5 Å². The number of nitrogens with two attached hydrogens (primary N) is 1. The average Bonchev–Trinajstić information content (AvgIpc) is 3.30. The van der Waals surface area contributed by atoms with Crippen molar-refractivity contribution in [3.8, 4) is 0 Å². The summed E-state index contributed by atoms with van der Waals surface area (Å²) in [5.74, 6) is 2.68. The third kappa shape index (κ3) is 7.87. The minimum Gasteiger partial charge on any atom is -0.481 e. The van der Waals surface area contributed by atoms with Gasteiger partial charge in [0.25, 0.3) is 0 Å². The number of aliphatic hydroxyl groups excluding tert-OH is 1. The quantitative estimate of drug-likeness (QED) is 0.138. The zero-order valence-corrected chi connectivity index (χ0v) is 26.6. The van der Waals surface area contributed by atoms with E-state index in [2.05, 4.69) is 36.7 Å². The Hall–Kier alpha value is -0.730. The fourth-order valence-corrected chi connectivity index (χ4v) is 10.4. The van der Waals surface area contributed by atoms with Crippen LogP contribution in [0.25, 0.3) is 0 Å². The number of nitrogens with one attached hydrogen (secondary N) is 3. The van der Waals surface area contributed by atoms with Gasteiger partial charge in [-0.1, -0.05) is 20.8 Å². The van der Waals surface area contributed by atoms with Crippen LogP contribution in [-0.2, 0) is 4.79 Å². The topological polar surface area (TPSA) is 120 Å². The number of unbranched alkanes of at least 4 members (excludes halogenated alkanes) is 1. The molecule has 7 heteroatoms. The van der Waals surface area contributed by atoms with E-state index in [1.165, 1.54) is 64.2 Å². The molecule has 7 N–H and O–H groups in total. The van der Waals surface area contributed by atoms with Gasteiger partial charge < -0.3 is 31.9 Å². The average molecular weight is 577 g/mol. The Morgan fingerprint density at radius 2 is 1.54 bits per heavy atom. The highest BCUT2D eigenvalue weighted by Gasteiger charge is 2.62. The van der Waals surface area contributed by atoms with E-state index in [1.807, 2.05) is 0 Å². The summed E-state index contributed by atoms with van der Waals surface area (Å²) in [5.41, 5.74) is 6.15. The zero-order chi connectivity index (χ0) is 29.5. The van der Waals surface area contributed by atoms with Crippen LogP contribution in [0.1, 0.15) is 111 Å². The maximum absolute atomic E-state index is 11.7. The summed E-state index contributed by atoms with van der Waals surface area (Å²) in [7, 11) is 0. The Balaban J connectivity index is 1.20. The second kappa shape index (κ2) is 15.3. The van der Waals surface area contributed by atoms with Crippen molar-refractivity contribution in [2.24, 2.45) is 52.1 Å². The first-order valence-corrected chi connectivity index (χ1v) is 17.5. The summed E-state index contributed by atoms with van der Waals surface area (Å²) in [4.78, 5) is 11.2. The number of rotatable bonds is 17. The lowest BCUT2D eigenvalue weighted by atomic mass is 9.43. The Bertz CT molecular complexity index is 813. The van der Waals surface area contributed by atoms with Crippen molar-refractivity contribution in [3.05, 3.63) is 0 Å². The molecule has 0 radical (unpaired) electrons. The molecule has 3 unspecified atom stereocenters. The normalized spacial score (nSPS) is 39.1.